The summed E-state index contributed by atoms with van der Waals surface area (Å²) >= 11 is 0. The van der Waals surface area contributed by atoms with Crippen LogP contribution in [0.3, 0.4) is 0 Å². The minimum absolute atomic E-state index is 0.795. The molecule has 0 radical (unpaired) electrons. The molecule has 0 fully saturated rings. The molecule has 0 aliphatic heterocycles. The minimum Gasteiger partial charge on any atom is -0.356 e. The van der Waals surface area contributed by atoms with Gasteiger partial charge in [0.05, 0.1) is 0 Å². The van der Waals surface area contributed by atoms with Gasteiger partial charge in [0, 0.05) is 24.1 Å². The van der Waals surface area contributed by atoms with E-state index in [0.717, 1.165) is 22.7 Å². The van der Waals surface area contributed by atoms with Gasteiger partial charge in [-0.3, -0.25) is 4.99 Å². The highest BCUT2D eigenvalue weighted by molar-refractivity contribution is 6.00. The molecule has 0 saturated carbocycles. The van der Waals surface area contributed by atoms with Crippen LogP contribution >= 0.6 is 0 Å². The van der Waals surface area contributed by atoms with Crippen molar-refractivity contribution in [2.24, 2.45) is 4.99 Å². The quantitative estimate of drug-likeness (QED) is 0.572. The van der Waals surface area contributed by atoms with Gasteiger partial charge in [0.25, 0.3) is 0 Å². The van der Waals surface area contributed by atoms with Gasteiger partial charge in [-0.05, 0) is 49.6 Å². The van der Waals surface area contributed by atoms with Crippen molar-refractivity contribution in [2.75, 3.05) is 12.4 Å². The molecule has 0 aromatic heterocycles. The first-order chi connectivity index (χ1) is 9.99. The van der Waals surface area contributed by atoms with Crippen LogP contribution < -0.4 is 5.32 Å². The summed E-state index contributed by atoms with van der Waals surface area (Å²) < 4.78 is 0. The highest BCUT2D eigenvalue weighted by atomic mass is 14.9. The maximum Gasteiger partial charge on any atom is 0.0388 e. The Labute approximate surface area is 128 Å². The highest BCUT2D eigenvalue weighted by Gasteiger charge is 2.04. The van der Waals surface area contributed by atoms with Crippen LogP contribution in [0.25, 0.3) is 0 Å². The van der Waals surface area contributed by atoms with Gasteiger partial charge in [-0.25, -0.2) is 0 Å². The molecule has 0 heterocycles. The zero-order valence-electron chi connectivity index (χ0n) is 13.4. The Morgan fingerprint density at radius 3 is 2.52 bits per heavy atom. The number of aryl methyl sites for hydroxylation is 1. The van der Waals surface area contributed by atoms with E-state index < -0.39 is 0 Å². The predicted molar refractivity (Wildman–Crippen MR) is 95.2 cm³/mol. The second-order valence-electron chi connectivity index (χ2n) is 4.85. The van der Waals surface area contributed by atoms with Gasteiger partial charge in [-0.2, -0.15) is 0 Å². The van der Waals surface area contributed by atoms with Crippen molar-refractivity contribution in [1.29, 1.82) is 0 Å². The van der Waals surface area contributed by atoms with E-state index in [9.17, 15) is 0 Å². The van der Waals surface area contributed by atoms with Crippen LogP contribution in [-0.2, 0) is 0 Å². The summed E-state index contributed by atoms with van der Waals surface area (Å²) in [5.74, 6) is 0. The fraction of sp³-hybridized carbons (Fsp3) is 0.211. The Morgan fingerprint density at radius 1 is 1.24 bits per heavy atom. The first-order valence-electron chi connectivity index (χ1n) is 6.98. The van der Waals surface area contributed by atoms with E-state index in [2.05, 4.69) is 42.5 Å². The number of allylic oxidation sites excluding steroid dienone is 4. The summed E-state index contributed by atoms with van der Waals surface area (Å²) in [6.45, 7) is 14.1. The molecule has 110 valence electrons. The van der Waals surface area contributed by atoms with Crippen LogP contribution in [0.1, 0.15) is 25.0 Å². The predicted octanol–water partition coefficient (Wildman–Crippen LogP) is 5.05. The molecule has 2 nitrogen and oxygen atoms in total. The first-order valence-corrected chi connectivity index (χ1v) is 6.98. The number of nitrogens with one attached hydrogen (secondary N) is 1. The molecule has 0 saturated heterocycles. The fourth-order valence-electron chi connectivity index (χ4n) is 1.91. The number of rotatable bonds is 6. The van der Waals surface area contributed by atoms with Crippen molar-refractivity contribution in [3.05, 3.63) is 78.1 Å². The summed E-state index contributed by atoms with van der Waals surface area (Å²) in [4.78, 5) is 4.23. The lowest BCUT2D eigenvalue weighted by Gasteiger charge is -2.12. The summed E-state index contributed by atoms with van der Waals surface area (Å²) in [6.07, 6.45) is 7.82. The molecule has 0 unspecified atom stereocenters. The van der Waals surface area contributed by atoms with Gasteiger partial charge in [0.15, 0.2) is 0 Å². The Kier molecular flexibility index (Phi) is 6.41. The number of aliphatic imine (C=N–C) groups is 1. The van der Waals surface area contributed by atoms with Crippen LogP contribution in [0.5, 0.6) is 0 Å². The second-order valence-corrected chi connectivity index (χ2v) is 4.85. The van der Waals surface area contributed by atoms with Gasteiger partial charge in [0.1, 0.15) is 0 Å². The van der Waals surface area contributed by atoms with Gasteiger partial charge >= 0.3 is 0 Å². The Balaban J connectivity index is 2.82. The molecule has 0 spiro atoms. The number of hydrogen-bond acceptors (Lipinski definition) is 2. The largest absolute Gasteiger partial charge is 0.356 e. The molecule has 0 bridgehead atoms. The summed E-state index contributed by atoms with van der Waals surface area (Å²) in [5.41, 5.74) is 6.05. The first kappa shape index (κ1) is 16.7. The number of hydrogen-bond donors (Lipinski definition) is 1. The normalized spacial score (nSPS) is 12.1. The molecule has 1 N–H and O–H groups in total. The third-order valence-corrected chi connectivity index (χ3v) is 3.24. The van der Waals surface area contributed by atoms with E-state index >= 15 is 0 Å². The van der Waals surface area contributed by atoms with Gasteiger partial charge in [-0.15, -0.1) is 0 Å². The lowest BCUT2D eigenvalue weighted by molar-refractivity contribution is 1.35. The summed E-state index contributed by atoms with van der Waals surface area (Å²) in [6, 6.07) is 6.20. The van der Waals surface area contributed by atoms with Gasteiger partial charge < -0.3 is 5.32 Å². The van der Waals surface area contributed by atoms with Gasteiger partial charge in [0.2, 0.25) is 0 Å². The summed E-state index contributed by atoms with van der Waals surface area (Å²) in [5, 5.41) is 3.28. The lowest BCUT2D eigenvalue weighted by atomic mass is 10.0. The SMILES string of the molecule is C=C(/C=C\C=C/C)C(=C)Nc1ccc(C(C)=NC)c(C)c1. The molecule has 0 amide bonds. The average molecular weight is 280 g/mol. The van der Waals surface area contributed by atoms with Crippen LogP contribution in [-0.4, -0.2) is 12.8 Å². The minimum atomic E-state index is 0.795. The summed E-state index contributed by atoms with van der Waals surface area (Å²) in [7, 11) is 1.81. The van der Waals surface area contributed by atoms with E-state index in [1.54, 1.807) is 0 Å². The van der Waals surface area contributed by atoms with E-state index in [-0.39, 0.29) is 0 Å². The van der Waals surface area contributed by atoms with E-state index in [0.29, 0.717) is 0 Å². The Hall–Kier alpha value is -2.35. The van der Waals surface area contributed by atoms with Gasteiger partial charge in [-0.1, -0.05) is 43.5 Å². The monoisotopic (exact) mass is 280 g/mol. The standard InChI is InChI=1S/C19H24N2/c1-7-8-9-10-14(2)16(4)21-18-11-12-19(15(3)13-18)17(5)20-6/h7-13,21H,2,4H2,1,3,5-6H3/b8-7-,10-9-,20-17?. The van der Waals surface area contributed by atoms with Crippen molar-refractivity contribution in [3.8, 4) is 0 Å². The molecule has 21 heavy (non-hydrogen) atoms. The van der Waals surface area contributed by atoms with E-state index in [1.165, 1.54) is 11.1 Å². The van der Waals surface area contributed by atoms with Crippen molar-refractivity contribution < 1.29 is 0 Å². The number of benzene rings is 1. The van der Waals surface area contributed by atoms with Crippen molar-refractivity contribution in [1.82, 2.24) is 0 Å². The molecule has 1 aromatic carbocycles. The third kappa shape index (κ3) is 4.92. The molecule has 0 aliphatic carbocycles. The molecule has 0 atom stereocenters. The number of nitrogens with zero attached hydrogens (tertiary/aromatic N) is 1. The van der Waals surface area contributed by atoms with Crippen molar-refractivity contribution in [2.45, 2.75) is 20.8 Å². The Bertz CT molecular complexity index is 616. The molecule has 0 aliphatic rings. The molecule has 1 rings (SSSR count). The van der Waals surface area contributed by atoms with Crippen LogP contribution in [0.4, 0.5) is 5.69 Å². The topological polar surface area (TPSA) is 24.4 Å². The average Bonchev–Trinajstić information content (AvgIpc) is 2.46. The van der Waals surface area contributed by atoms with Crippen LogP contribution in [0, 0.1) is 6.92 Å². The molecular weight excluding hydrogens is 256 g/mol. The molecular formula is C19H24N2. The van der Waals surface area contributed by atoms with Crippen molar-refractivity contribution >= 4 is 11.4 Å². The van der Waals surface area contributed by atoms with Crippen molar-refractivity contribution in [3.63, 3.8) is 0 Å². The third-order valence-electron chi connectivity index (χ3n) is 3.24. The van der Waals surface area contributed by atoms with E-state index in [4.69, 9.17) is 0 Å². The van der Waals surface area contributed by atoms with Crippen LogP contribution in [0.15, 0.2) is 71.9 Å². The number of anilines is 1. The zero-order chi connectivity index (χ0) is 15.8. The molecule has 2 heteroatoms. The zero-order valence-corrected chi connectivity index (χ0v) is 13.4. The second kappa shape index (κ2) is 8.05. The maximum absolute atomic E-state index is 4.23. The maximum atomic E-state index is 4.23. The smallest absolute Gasteiger partial charge is 0.0388 e. The fourth-order valence-corrected chi connectivity index (χ4v) is 1.91. The van der Waals surface area contributed by atoms with Crippen LogP contribution in [0.2, 0.25) is 0 Å². The Morgan fingerprint density at radius 2 is 1.95 bits per heavy atom. The van der Waals surface area contributed by atoms with E-state index in [1.807, 2.05) is 51.3 Å². The lowest BCUT2D eigenvalue weighted by Crippen LogP contribution is -2.02. The molecule has 1 aromatic rings. The highest BCUT2D eigenvalue weighted by Crippen LogP contribution is 2.19.